The first-order valence-electron chi connectivity index (χ1n) is 5.88. The minimum Gasteiger partial charge on any atom is -0.366 e. The van der Waals surface area contributed by atoms with Gasteiger partial charge in [0.25, 0.3) is 0 Å². The lowest BCUT2D eigenvalue weighted by Gasteiger charge is -2.25. The van der Waals surface area contributed by atoms with E-state index in [2.05, 4.69) is 63.9 Å². The molecule has 4 heteroatoms. The van der Waals surface area contributed by atoms with Gasteiger partial charge in [-0.15, -0.1) is 0 Å². The van der Waals surface area contributed by atoms with Crippen molar-refractivity contribution < 1.29 is 0 Å². The second-order valence-electron chi connectivity index (χ2n) is 4.53. The van der Waals surface area contributed by atoms with E-state index in [1.54, 1.807) is 0 Å². The fraction of sp³-hybridized carbons (Fsp3) is 0.231. The van der Waals surface area contributed by atoms with E-state index in [4.69, 9.17) is 0 Å². The maximum absolute atomic E-state index is 3.54. The van der Waals surface area contributed by atoms with Gasteiger partial charge in [0, 0.05) is 13.6 Å². The van der Waals surface area contributed by atoms with Gasteiger partial charge in [-0.2, -0.15) is 0 Å². The fourth-order valence-corrected chi connectivity index (χ4v) is 2.79. The summed E-state index contributed by atoms with van der Waals surface area (Å²) in [5.41, 5.74) is 3.71. The highest BCUT2D eigenvalue weighted by Crippen LogP contribution is 2.43. The molecular formula is C13H14N4. The van der Waals surface area contributed by atoms with E-state index >= 15 is 0 Å². The Morgan fingerprint density at radius 1 is 1.29 bits per heavy atom. The topological polar surface area (TPSA) is 30.5 Å². The first kappa shape index (κ1) is 8.98. The number of rotatable bonds is 0. The Kier molecular flexibility index (Phi) is 1.57. The molecule has 3 aliphatic heterocycles. The number of hydrogen-bond donors (Lipinski definition) is 2. The number of para-hydroxylation sites is 2. The molecule has 1 atom stereocenters. The van der Waals surface area contributed by atoms with Crippen LogP contribution in [0.1, 0.15) is 0 Å². The summed E-state index contributed by atoms with van der Waals surface area (Å²) in [4.78, 5) is 4.59. The highest BCUT2D eigenvalue weighted by Gasteiger charge is 2.41. The van der Waals surface area contributed by atoms with Gasteiger partial charge in [-0.1, -0.05) is 18.2 Å². The van der Waals surface area contributed by atoms with Gasteiger partial charge in [-0.25, -0.2) is 0 Å². The molecule has 4 nitrogen and oxygen atoms in total. The molecule has 2 N–H and O–H groups in total. The Hall–Kier alpha value is -2.10. The Morgan fingerprint density at radius 2 is 2.18 bits per heavy atom. The molecule has 0 fully saturated rings. The summed E-state index contributed by atoms with van der Waals surface area (Å²) in [5, 5.41) is 6.97. The van der Waals surface area contributed by atoms with Crippen molar-refractivity contribution in [3.63, 3.8) is 0 Å². The second-order valence-corrected chi connectivity index (χ2v) is 4.53. The number of dihydropyridines is 1. The number of fused-ring (bicyclic) bond motifs is 4. The van der Waals surface area contributed by atoms with Gasteiger partial charge in [0.2, 0.25) is 0 Å². The van der Waals surface area contributed by atoms with Crippen molar-refractivity contribution in [3.8, 4) is 0 Å². The van der Waals surface area contributed by atoms with E-state index in [9.17, 15) is 0 Å². The molecule has 0 amide bonds. The quantitative estimate of drug-likeness (QED) is 0.701. The molecule has 4 rings (SSSR count). The number of nitrogens with zero attached hydrogens (tertiary/aromatic N) is 2. The smallest absolute Gasteiger partial charge is 0.184 e. The van der Waals surface area contributed by atoms with Crippen molar-refractivity contribution >= 4 is 11.4 Å². The Morgan fingerprint density at radius 3 is 3.12 bits per heavy atom. The number of nitrogens with one attached hydrogen (secondary N) is 2. The molecule has 0 bridgehead atoms. The van der Waals surface area contributed by atoms with Crippen molar-refractivity contribution in [1.82, 2.24) is 10.2 Å². The molecule has 0 aliphatic carbocycles. The van der Waals surface area contributed by atoms with E-state index in [0.717, 1.165) is 6.54 Å². The minimum atomic E-state index is 0.202. The van der Waals surface area contributed by atoms with Crippen LogP contribution in [0.3, 0.4) is 0 Å². The zero-order chi connectivity index (χ0) is 11.4. The van der Waals surface area contributed by atoms with Gasteiger partial charge in [0.1, 0.15) is 5.82 Å². The summed E-state index contributed by atoms with van der Waals surface area (Å²) in [7, 11) is 2.12. The zero-order valence-corrected chi connectivity index (χ0v) is 9.64. The molecular weight excluding hydrogens is 212 g/mol. The maximum atomic E-state index is 3.54. The lowest BCUT2D eigenvalue weighted by Crippen LogP contribution is -2.41. The summed E-state index contributed by atoms with van der Waals surface area (Å²) in [6.07, 6.45) is 4.56. The van der Waals surface area contributed by atoms with Crippen LogP contribution in [0.5, 0.6) is 0 Å². The van der Waals surface area contributed by atoms with Crippen LogP contribution in [0.2, 0.25) is 0 Å². The Balaban J connectivity index is 1.88. The fourth-order valence-electron chi connectivity index (χ4n) is 2.79. The summed E-state index contributed by atoms with van der Waals surface area (Å²) in [5.74, 6) is 1.21. The molecule has 1 aromatic carbocycles. The molecule has 0 aromatic heterocycles. The monoisotopic (exact) mass is 226 g/mol. The SMILES string of the molecule is CN1C2=C(C=CCN2)N2c3ccccc3NC12. The molecule has 0 saturated carbocycles. The standard InChI is InChI=1S/C13H14N4/c1-16-12-11(7-4-8-14-12)17-10-6-3-2-5-9(10)15-13(16)17/h2-7,13-15H,8H2,1H3. The van der Waals surface area contributed by atoms with Crippen molar-refractivity contribution in [2.24, 2.45) is 0 Å². The maximum Gasteiger partial charge on any atom is 0.184 e. The van der Waals surface area contributed by atoms with E-state index in [-0.39, 0.29) is 6.29 Å². The number of allylic oxidation sites excluding steroid dienone is 1. The van der Waals surface area contributed by atoms with Crippen molar-refractivity contribution in [3.05, 3.63) is 47.9 Å². The van der Waals surface area contributed by atoms with Gasteiger partial charge in [-0.3, -0.25) is 4.90 Å². The summed E-state index contributed by atoms with van der Waals surface area (Å²) in [6, 6.07) is 8.44. The lowest BCUT2D eigenvalue weighted by atomic mass is 10.2. The Labute approximate surface area is 100 Å². The van der Waals surface area contributed by atoms with Gasteiger partial charge in [0.05, 0.1) is 17.1 Å². The van der Waals surface area contributed by atoms with Crippen molar-refractivity contribution in [1.29, 1.82) is 0 Å². The lowest BCUT2D eigenvalue weighted by molar-refractivity contribution is 0.352. The van der Waals surface area contributed by atoms with Crippen LogP contribution >= 0.6 is 0 Å². The molecule has 3 heterocycles. The van der Waals surface area contributed by atoms with Crippen LogP contribution in [0, 0.1) is 0 Å². The third-order valence-corrected chi connectivity index (χ3v) is 3.58. The van der Waals surface area contributed by atoms with Gasteiger partial charge in [0.15, 0.2) is 6.29 Å². The highest BCUT2D eigenvalue weighted by atomic mass is 15.6. The number of hydrogen-bond acceptors (Lipinski definition) is 4. The highest BCUT2D eigenvalue weighted by molar-refractivity contribution is 5.80. The normalized spacial score (nSPS) is 24.2. The predicted molar refractivity (Wildman–Crippen MR) is 68.3 cm³/mol. The molecule has 17 heavy (non-hydrogen) atoms. The van der Waals surface area contributed by atoms with Gasteiger partial charge in [-0.05, 0) is 18.2 Å². The van der Waals surface area contributed by atoms with Crippen LogP contribution in [0.15, 0.2) is 47.9 Å². The predicted octanol–water partition coefficient (Wildman–Crippen LogP) is 1.48. The van der Waals surface area contributed by atoms with Crippen LogP contribution in [-0.4, -0.2) is 24.8 Å². The molecule has 1 aromatic rings. The molecule has 1 unspecified atom stereocenters. The first-order valence-corrected chi connectivity index (χ1v) is 5.88. The molecule has 0 spiro atoms. The van der Waals surface area contributed by atoms with Crippen molar-refractivity contribution in [2.75, 3.05) is 23.8 Å². The van der Waals surface area contributed by atoms with E-state index < -0.39 is 0 Å². The van der Waals surface area contributed by atoms with Crippen molar-refractivity contribution in [2.45, 2.75) is 6.29 Å². The first-order chi connectivity index (χ1) is 8.36. The van der Waals surface area contributed by atoms with Crippen LogP contribution in [-0.2, 0) is 0 Å². The average molecular weight is 226 g/mol. The average Bonchev–Trinajstić information content (AvgIpc) is 2.88. The minimum absolute atomic E-state index is 0.202. The van der Waals surface area contributed by atoms with Crippen LogP contribution in [0.25, 0.3) is 0 Å². The van der Waals surface area contributed by atoms with E-state index in [0.29, 0.717) is 0 Å². The zero-order valence-electron chi connectivity index (χ0n) is 9.64. The molecule has 3 aliphatic rings. The molecule has 0 saturated heterocycles. The summed E-state index contributed by atoms with van der Waals surface area (Å²) < 4.78 is 0. The van der Waals surface area contributed by atoms with Crippen LogP contribution in [0.4, 0.5) is 11.4 Å². The summed E-state index contributed by atoms with van der Waals surface area (Å²) in [6.45, 7) is 0.908. The summed E-state index contributed by atoms with van der Waals surface area (Å²) >= 11 is 0. The van der Waals surface area contributed by atoms with E-state index in [1.807, 2.05) is 0 Å². The van der Waals surface area contributed by atoms with Crippen LogP contribution < -0.4 is 15.5 Å². The number of benzene rings is 1. The largest absolute Gasteiger partial charge is 0.366 e. The van der Waals surface area contributed by atoms with Gasteiger partial charge < -0.3 is 15.5 Å². The molecule has 86 valence electrons. The molecule has 0 radical (unpaired) electrons. The third-order valence-electron chi connectivity index (χ3n) is 3.58. The van der Waals surface area contributed by atoms with E-state index in [1.165, 1.54) is 22.9 Å². The third kappa shape index (κ3) is 1.02. The second kappa shape index (κ2) is 2.97. The Bertz CT molecular complexity index is 546. The number of anilines is 2. The van der Waals surface area contributed by atoms with Gasteiger partial charge >= 0.3 is 0 Å².